The maximum Gasteiger partial charge on any atom is 0.230 e. The first-order chi connectivity index (χ1) is 14.6. The number of nitrogens with zero attached hydrogens (tertiary/aromatic N) is 1. The van der Waals surface area contributed by atoms with Crippen molar-refractivity contribution in [1.29, 1.82) is 0 Å². The zero-order valence-electron chi connectivity index (χ0n) is 17.7. The van der Waals surface area contributed by atoms with E-state index in [0.717, 1.165) is 48.8 Å². The van der Waals surface area contributed by atoms with E-state index in [0.29, 0.717) is 25.8 Å². The minimum atomic E-state index is -0.494. The fourth-order valence-corrected chi connectivity index (χ4v) is 5.14. The minimum absolute atomic E-state index is 0.143. The number of benzene rings is 2. The summed E-state index contributed by atoms with van der Waals surface area (Å²) in [5.74, 6) is 0.143. The third-order valence-electron chi connectivity index (χ3n) is 6.82. The summed E-state index contributed by atoms with van der Waals surface area (Å²) < 4.78 is 6.63. The Labute approximate surface area is 188 Å². The second-order valence-corrected chi connectivity index (χ2v) is 9.38. The Balaban J connectivity index is 1.45. The first kappa shape index (κ1) is 21.5. The number of hydrogen-bond donors (Lipinski definition) is 1. The molecule has 4 rings (SSSR count). The second kappa shape index (κ2) is 9.63. The molecule has 160 valence electrons. The molecule has 2 aliphatic heterocycles. The van der Waals surface area contributed by atoms with Gasteiger partial charge in [0.2, 0.25) is 5.91 Å². The lowest BCUT2D eigenvalue weighted by molar-refractivity contribution is -0.130. The molecule has 0 bridgehead atoms. The third kappa shape index (κ3) is 4.48. The van der Waals surface area contributed by atoms with Gasteiger partial charge in [0, 0.05) is 43.4 Å². The number of carbonyl (C=O) groups excluding carboxylic acids is 1. The van der Waals surface area contributed by atoms with Gasteiger partial charge >= 0.3 is 0 Å². The summed E-state index contributed by atoms with van der Waals surface area (Å²) >= 11 is 3.51. The molecule has 4 nitrogen and oxygen atoms in total. The molecule has 0 radical (unpaired) electrons. The van der Waals surface area contributed by atoms with E-state index >= 15 is 0 Å². The van der Waals surface area contributed by atoms with Gasteiger partial charge in [0.25, 0.3) is 0 Å². The maximum absolute atomic E-state index is 13.5. The first-order valence-electron chi connectivity index (χ1n) is 11.1. The molecule has 1 saturated heterocycles. The highest BCUT2D eigenvalue weighted by molar-refractivity contribution is 9.10. The average Bonchev–Trinajstić information content (AvgIpc) is 2.80. The molecular formula is C25H31BrN2O2. The zero-order valence-corrected chi connectivity index (χ0v) is 19.3. The lowest BCUT2D eigenvalue weighted by Gasteiger charge is -2.38. The molecule has 0 aromatic heterocycles. The lowest BCUT2D eigenvalue weighted by atomic mass is 9.73. The van der Waals surface area contributed by atoms with Gasteiger partial charge < -0.3 is 10.1 Å². The number of carbonyl (C=O) groups is 1. The van der Waals surface area contributed by atoms with E-state index in [4.69, 9.17) is 4.74 Å². The lowest BCUT2D eigenvalue weighted by Crippen LogP contribution is -2.52. The predicted octanol–water partition coefficient (Wildman–Crippen LogP) is 4.45. The fraction of sp³-hybridized carbons (Fsp3) is 0.480. The van der Waals surface area contributed by atoms with Gasteiger partial charge in [-0.1, -0.05) is 59.3 Å². The fourth-order valence-electron chi connectivity index (χ4n) is 4.88. The summed E-state index contributed by atoms with van der Waals surface area (Å²) in [6.07, 6.45) is 3.57. The van der Waals surface area contributed by atoms with E-state index in [2.05, 4.69) is 69.5 Å². The molecule has 1 fully saturated rings. The zero-order chi connectivity index (χ0) is 21.0. The molecule has 1 N–H and O–H groups in total. The normalized spacial score (nSPS) is 19.7. The van der Waals surface area contributed by atoms with Gasteiger partial charge in [0.15, 0.2) is 0 Å². The third-order valence-corrected chi connectivity index (χ3v) is 7.35. The SMILES string of the molecule is CCC(CNC(=O)C1(c2ccc(Br)cc2)CCOCC1)N1CCc2ccccc2C1. The van der Waals surface area contributed by atoms with Crippen molar-refractivity contribution in [2.24, 2.45) is 0 Å². The first-order valence-corrected chi connectivity index (χ1v) is 11.8. The molecule has 5 heteroatoms. The van der Waals surface area contributed by atoms with Crippen LogP contribution in [-0.4, -0.2) is 43.2 Å². The van der Waals surface area contributed by atoms with Gasteiger partial charge in [-0.25, -0.2) is 0 Å². The number of fused-ring (bicyclic) bond motifs is 1. The number of ether oxygens (including phenoxy) is 1. The van der Waals surface area contributed by atoms with E-state index < -0.39 is 5.41 Å². The van der Waals surface area contributed by atoms with Gasteiger partial charge in [0.05, 0.1) is 5.41 Å². The van der Waals surface area contributed by atoms with Gasteiger partial charge in [-0.15, -0.1) is 0 Å². The molecule has 2 aromatic rings. The van der Waals surface area contributed by atoms with Gasteiger partial charge in [-0.05, 0) is 54.5 Å². The molecule has 2 aliphatic rings. The van der Waals surface area contributed by atoms with Crippen molar-refractivity contribution in [2.45, 2.75) is 50.6 Å². The highest BCUT2D eigenvalue weighted by Crippen LogP contribution is 2.36. The van der Waals surface area contributed by atoms with Crippen molar-refractivity contribution in [3.63, 3.8) is 0 Å². The topological polar surface area (TPSA) is 41.6 Å². The van der Waals surface area contributed by atoms with Crippen LogP contribution in [0.2, 0.25) is 0 Å². The van der Waals surface area contributed by atoms with Crippen molar-refractivity contribution >= 4 is 21.8 Å². The molecule has 1 atom stereocenters. The molecule has 0 saturated carbocycles. The summed E-state index contributed by atoms with van der Waals surface area (Å²) in [5.41, 5.74) is 3.48. The van der Waals surface area contributed by atoms with Crippen molar-refractivity contribution in [3.8, 4) is 0 Å². The monoisotopic (exact) mass is 470 g/mol. The minimum Gasteiger partial charge on any atom is -0.381 e. The van der Waals surface area contributed by atoms with Crippen molar-refractivity contribution in [3.05, 3.63) is 69.7 Å². The van der Waals surface area contributed by atoms with Gasteiger partial charge in [0.1, 0.15) is 0 Å². The average molecular weight is 471 g/mol. The molecule has 0 aliphatic carbocycles. The summed E-state index contributed by atoms with van der Waals surface area (Å²) in [4.78, 5) is 16.0. The van der Waals surface area contributed by atoms with E-state index in [1.54, 1.807) is 0 Å². The summed E-state index contributed by atoms with van der Waals surface area (Å²) in [7, 11) is 0. The van der Waals surface area contributed by atoms with Crippen LogP contribution in [0.4, 0.5) is 0 Å². The number of nitrogens with one attached hydrogen (secondary N) is 1. The number of halogens is 1. The van der Waals surface area contributed by atoms with E-state index in [1.165, 1.54) is 11.1 Å². The van der Waals surface area contributed by atoms with Crippen LogP contribution in [0.1, 0.15) is 42.9 Å². The largest absolute Gasteiger partial charge is 0.381 e. The summed E-state index contributed by atoms with van der Waals surface area (Å²) in [6, 6.07) is 17.3. The Morgan fingerprint density at radius 3 is 2.53 bits per heavy atom. The van der Waals surface area contributed by atoms with Crippen LogP contribution in [0.5, 0.6) is 0 Å². The molecule has 0 spiro atoms. The van der Waals surface area contributed by atoms with Crippen LogP contribution in [0.25, 0.3) is 0 Å². The summed E-state index contributed by atoms with van der Waals surface area (Å²) in [5, 5.41) is 3.33. The van der Waals surface area contributed by atoms with Crippen LogP contribution in [0.15, 0.2) is 53.0 Å². The van der Waals surface area contributed by atoms with Crippen LogP contribution >= 0.6 is 15.9 Å². The molecule has 1 unspecified atom stereocenters. The number of amides is 1. The Bertz CT molecular complexity index is 862. The summed E-state index contributed by atoms with van der Waals surface area (Å²) in [6.45, 7) is 6.19. The number of rotatable bonds is 6. The Kier molecular flexibility index (Phi) is 6.91. The standard InChI is InChI=1S/C25H31BrN2O2/c1-2-23(28-14-11-19-5-3-4-6-20(19)18-28)17-27-24(29)25(12-15-30-16-13-25)21-7-9-22(26)10-8-21/h3-10,23H,2,11-18H2,1H3,(H,27,29). The van der Waals surface area contributed by atoms with E-state index in [1.807, 2.05) is 12.1 Å². The molecule has 30 heavy (non-hydrogen) atoms. The van der Waals surface area contributed by atoms with Crippen molar-refractivity contribution < 1.29 is 9.53 Å². The van der Waals surface area contributed by atoms with Crippen LogP contribution in [0.3, 0.4) is 0 Å². The van der Waals surface area contributed by atoms with E-state index in [-0.39, 0.29) is 5.91 Å². The molecular weight excluding hydrogens is 440 g/mol. The predicted molar refractivity (Wildman–Crippen MR) is 124 cm³/mol. The van der Waals surface area contributed by atoms with Crippen molar-refractivity contribution in [1.82, 2.24) is 10.2 Å². The van der Waals surface area contributed by atoms with Crippen LogP contribution in [-0.2, 0) is 27.9 Å². The molecule has 1 amide bonds. The van der Waals surface area contributed by atoms with Crippen LogP contribution < -0.4 is 5.32 Å². The van der Waals surface area contributed by atoms with Gasteiger partial charge in [-0.3, -0.25) is 9.69 Å². The molecule has 2 aromatic carbocycles. The Morgan fingerprint density at radius 2 is 1.83 bits per heavy atom. The quantitative estimate of drug-likeness (QED) is 0.677. The van der Waals surface area contributed by atoms with Crippen LogP contribution in [0, 0.1) is 0 Å². The smallest absolute Gasteiger partial charge is 0.230 e. The highest BCUT2D eigenvalue weighted by atomic mass is 79.9. The van der Waals surface area contributed by atoms with Crippen molar-refractivity contribution in [2.75, 3.05) is 26.3 Å². The maximum atomic E-state index is 13.5. The van der Waals surface area contributed by atoms with Gasteiger partial charge in [-0.2, -0.15) is 0 Å². The van der Waals surface area contributed by atoms with E-state index in [9.17, 15) is 4.79 Å². The highest BCUT2D eigenvalue weighted by Gasteiger charge is 2.41. The Hall–Kier alpha value is -1.69. The second-order valence-electron chi connectivity index (χ2n) is 8.46. The number of hydrogen-bond acceptors (Lipinski definition) is 3. The Morgan fingerprint density at radius 1 is 1.13 bits per heavy atom. The molecule has 2 heterocycles.